The third-order valence-corrected chi connectivity index (χ3v) is 2.57. The SMILES string of the molecule is Cc1ccc(CC(N)CCN(C)C)cc1. The van der Waals surface area contributed by atoms with Gasteiger partial charge in [-0.15, -0.1) is 0 Å². The van der Waals surface area contributed by atoms with Gasteiger partial charge < -0.3 is 10.6 Å². The van der Waals surface area contributed by atoms with Crippen molar-refractivity contribution in [2.24, 2.45) is 5.73 Å². The van der Waals surface area contributed by atoms with Gasteiger partial charge in [0.2, 0.25) is 0 Å². The lowest BCUT2D eigenvalue weighted by Crippen LogP contribution is -2.28. The van der Waals surface area contributed by atoms with E-state index in [-0.39, 0.29) is 6.04 Å². The standard InChI is InChI=1S/C13H22N2/c1-11-4-6-12(7-5-11)10-13(14)8-9-15(2)3/h4-7,13H,8-10,14H2,1-3H3. The first-order valence-corrected chi connectivity index (χ1v) is 5.54. The minimum atomic E-state index is 0.273. The van der Waals surface area contributed by atoms with E-state index >= 15 is 0 Å². The molecule has 0 aliphatic heterocycles. The molecule has 1 aromatic rings. The van der Waals surface area contributed by atoms with Gasteiger partial charge in [0.1, 0.15) is 0 Å². The minimum absolute atomic E-state index is 0.273. The zero-order chi connectivity index (χ0) is 11.3. The molecule has 0 fully saturated rings. The highest BCUT2D eigenvalue weighted by Gasteiger charge is 2.04. The highest BCUT2D eigenvalue weighted by Crippen LogP contribution is 2.06. The lowest BCUT2D eigenvalue weighted by molar-refractivity contribution is 0.379. The maximum absolute atomic E-state index is 6.07. The summed E-state index contributed by atoms with van der Waals surface area (Å²) in [6, 6.07) is 8.91. The molecule has 0 saturated carbocycles. The van der Waals surface area contributed by atoms with Crippen LogP contribution in [-0.4, -0.2) is 31.6 Å². The van der Waals surface area contributed by atoms with Gasteiger partial charge in [-0.05, 0) is 46.0 Å². The second kappa shape index (κ2) is 5.89. The molecule has 2 N–H and O–H groups in total. The molecule has 15 heavy (non-hydrogen) atoms. The summed E-state index contributed by atoms with van der Waals surface area (Å²) >= 11 is 0. The van der Waals surface area contributed by atoms with E-state index in [1.54, 1.807) is 0 Å². The summed E-state index contributed by atoms with van der Waals surface area (Å²) in [5.74, 6) is 0. The molecule has 0 saturated heterocycles. The number of nitrogens with zero attached hydrogens (tertiary/aromatic N) is 1. The van der Waals surface area contributed by atoms with Gasteiger partial charge in [-0.2, -0.15) is 0 Å². The van der Waals surface area contributed by atoms with Crippen LogP contribution in [0.5, 0.6) is 0 Å². The number of rotatable bonds is 5. The second-order valence-electron chi connectivity index (χ2n) is 4.54. The number of hydrogen-bond donors (Lipinski definition) is 1. The number of hydrogen-bond acceptors (Lipinski definition) is 2. The first-order valence-electron chi connectivity index (χ1n) is 5.54. The van der Waals surface area contributed by atoms with Crippen molar-refractivity contribution in [3.63, 3.8) is 0 Å². The van der Waals surface area contributed by atoms with Crippen LogP contribution in [0.4, 0.5) is 0 Å². The fourth-order valence-corrected chi connectivity index (χ4v) is 1.55. The van der Waals surface area contributed by atoms with Crippen LogP contribution in [0.1, 0.15) is 17.5 Å². The fraction of sp³-hybridized carbons (Fsp3) is 0.538. The molecular formula is C13H22N2. The van der Waals surface area contributed by atoms with Gasteiger partial charge in [0.05, 0.1) is 0 Å². The summed E-state index contributed by atoms with van der Waals surface area (Å²) in [7, 11) is 4.16. The maximum atomic E-state index is 6.07. The molecule has 0 radical (unpaired) electrons. The lowest BCUT2D eigenvalue weighted by Gasteiger charge is -2.15. The fourth-order valence-electron chi connectivity index (χ4n) is 1.55. The van der Waals surface area contributed by atoms with Crippen molar-refractivity contribution in [3.05, 3.63) is 35.4 Å². The Bertz CT molecular complexity index is 277. The van der Waals surface area contributed by atoms with Gasteiger partial charge >= 0.3 is 0 Å². The van der Waals surface area contributed by atoms with Crippen molar-refractivity contribution in [1.29, 1.82) is 0 Å². The molecule has 0 spiro atoms. The van der Waals surface area contributed by atoms with Crippen LogP contribution in [0, 0.1) is 6.92 Å². The summed E-state index contributed by atoms with van der Waals surface area (Å²) in [6.45, 7) is 3.17. The van der Waals surface area contributed by atoms with Crippen molar-refractivity contribution in [3.8, 4) is 0 Å². The average Bonchev–Trinajstić information content (AvgIpc) is 2.19. The van der Waals surface area contributed by atoms with Crippen LogP contribution in [0.2, 0.25) is 0 Å². The van der Waals surface area contributed by atoms with E-state index in [2.05, 4.69) is 50.2 Å². The molecule has 1 unspecified atom stereocenters. The monoisotopic (exact) mass is 206 g/mol. The van der Waals surface area contributed by atoms with E-state index < -0.39 is 0 Å². The van der Waals surface area contributed by atoms with Gasteiger partial charge in [-0.25, -0.2) is 0 Å². The van der Waals surface area contributed by atoms with Crippen LogP contribution in [-0.2, 0) is 6.42 Å². The molecule has 1 rings (SSSR count). The summed E-state index contributed by atoms with van der Waals surface area (Å²) in [5.41, 5.74) is 8.71. The smallest absolute Gasteiger partial charge is 0.00914 e. The van der Waals surface area contributed by atoms with E-state index in [1.165, 1.54) is 11.1 Å². The Morgan fingerprint density at radius 2 is 1.80 bits per heavy atom. The number of benzene rings is 1. The quantitative estimate of drug-likeness (QED) is 0.796. The largest absolute Gasteiger partial charge is 0.327 e. The van der Waals surface area contributed by atoms with Crippen molar-refractivity contribution >= 4 is 0 Å². The van der Waals surface area contributed by atoms with E-state index in [1.807, 2.05) is 0 Å². The van der Waals surface area contributed by atoms with Gasteiger partial charge in [-0.1, -0.05) is 29.8 Å². The molecule has 1 atom stereocenters. The molecule has 2 heteroatoms. The third-order valence-electron chi connectivity index (χ3n) is 2.57. The third kappa shape index (κ3) is 4.96. The zero-order valence-corrected chi connectivity index (χ0v) is 10.0. The minimum Gasteiger partial charge on any atom is -0.327 e. The Morgan fingerprint density at radius 1 is 1.20 bits per heavy atom. The molecular weight excluding hydrogens is 184 g/mol. The topological polar surface area (TPSA) is 29.3 Å². The predicted molar refractivity (Wildman–Crippen MR) is 66.0 cm³/mol. The van der Waals surface area contributed by atoms with E-state index in [0.29, 0.717) is 0 Å². The normalized spacial score (nSPS) is 13.1. The molecule has 0 bridgehead atoms. The van der Waals surface area contributed by atoms with E-state index in [9.17, 15) is 0 Å². The van der Waals surface area contributed by atoms with Crippen LogP contribution in [0.3, 0.4) is 0 Å². The van der Waals surface area contributed by atoms with Crippen molar-refractivity contribution in [2.75, 3.05) is 20.6 Å². The van der Waals surface area contributed by atoms with E-state index in [0.717, 1.165) is 19.4 Å². The van der Waals surface area contributed by atoms with Crippen molar-refractivity contribution < 1.29 is 0 Å². The molecule has 1 aromatic carbocycles. The Balaban J connectivity index is 2.37. The molecule has 0 heterocycles. The van der Waals surface area contributed by atoms with Crippen LogP contribution in [0.25, 0.3) is 0 Å². The summed E-state index contributed by atoms with van der Waals surface area (Å²) < 4.78 is 0. The van der Waals surface area contributed by atoms with Gasteiger partial charge in [-0.3, -0.25) is 0 Å². The second-order valence-corrected chi connectivity index (χ2v) is 4.54. The number of aryl methyl sites for hydroxylation is 1. The predicted octanol–water partition coefficient (Wildman–Crippen LogP) is 1.82. The molecule has 2 nitrogen and oxygen atoms in total. The molecule has 84 valence electrons. The molecule has 0 amide bonds. The maximum Gasteiger partial charge on any atom is 0.00914 e. The Morgan fingerprint density at radius 3 is 2.33 bits per heavy atom. The highest BCUT2D eigenvalue weighted by atomic mass is 15.0. The summed E-state index contributed by atoms with van der Waals surface area (Å²) in [5, 5.41) is 0. The number of nitrogens with two attached hydrogens (primary N) is 1. The Hall–Kier alpha value is -0.860. The lowest BCUT2D eigenvalue weighted by atomic mass is 10.0. The first kappa shape index (κ1) is 12.2. The van der Waals surface area contributed by atoms with E-state index in [4.69, 9.17) is 5.73 Å². The Labute approximate surface area is 93.1 Å². The Kier molecular flexibility index (Phi) is 4.79. The summed E-state index contributed by atoms with van der Waals surface area (Å²) in [4.78, 5) is 2.18. The first-order chi connectivity index (χ1) is 7.08. The van der Waals surface area contributed by atoms with Crippen LogP contribution in [0.15, 0.2) is 24.3 Å². The van der Waals surface area contributed by atoms with Gasteiger partial charge in [0.15, 0.2) is 0 Å². The average molecular weight is 206 g/mol. The zero-order valence-electron chi connectivity index (χ0n) is 10.0. The molecule has 0 aromatic heterocycles. The molecule has 0 aliphatic rings. The van der Waals surface area contributed by atoms with Crippen molar-refractivity contribution in [2.45, 2.75) is 25.8 Å². The van der Waals surface area contributed by atoms with Crippen molar-refractivity contribution in [1.82, 2.24) is 4.90 Å². The van der Waals surface area contributed by atoms with Crippen LogP contribution >= 0.6 is 0 Å². The molecule has 0 aliphatic carbocycles. The van der Waals surface area contributed by atoms with Gasteiger partial charge in [0, 0.05) is 6.04 Å². The highest BCUT2D eigenvalue weighted by molar-refractivity contribution is 5.21. The van der Waals surface area contributed by atoms with Crippen LogP contribution < -0.4 is 5.73 Å². The summed E-state index contributed by atoms with van der Waals surface area (Å²) in [6.07, 6.45) is 2.04. The van der Waals surface area contributed by atoms with Gasteiger partial charge in [0.25, 0.3) is 0 Å².